The van der Waals surface area contributed by atoms with E-state index in [4.69, 9.17) is 5.73 Å². The molecular weight excluding hydrogens is 243 g/mol. The van der Waals surface area contributed by atoms with Crippen LogP contribution in [-0.2, 0) is 0 Å². The molecule has 2 aromatic rings. The number of hydrogen-bond acceptors (Lipinski definition) is 4. The van der Waals surface area contributed by atoms with Gasteiger partial charge in [-0.1, -0.05) is 12.1 Å². The van der Waals surface area contributed by atoms with E-state index in [9.17, 15) is 4.39 Å². The van der Waals surface area contributed by atoms with Crippen molar-refractivity contribution in [3.63, 3.8) is 0 Å². The average molecular weight is 258 g/mol. The van der Waals surface area contributed by atoms with Crippen LogP contribution in [0.1, 0.15) is 24.6 Å². The van der Waals surface area contributed by atoms with Crippen molar-refractivity contribution >= 4 is 5.95 Å². The van der Waals surface area contributed by atoms with Gasteiger partial charge in [0.2, 0.25) is 5.95 Å². The van der Waals surface area contributed by atoms with Gasteiger partial charge in [0.15, 0.2) is 0 Å². The summed E-state index contributed by atoms with van der Waals surface area (Å²) in [7, 11) is 0. The van der Waals surface area contributed by atoms with Gasteiger partial charge in [0.1, 0.15) is 5.82 Å². The normalized spacial score (nSPS) is 18.7. The minimum absolute atomic E-state index is 0.170. The van der Waals surface area contributed by atoms with E-state index in [1.54, 1.807) is 12.3 Å². The van der Waals surface area contributed by atoms with Crippen molar-refractivity contribution in [2.45, 2.75) is 18.9 Å². The second-order valence-corrected chi connectivity index (χ2v) is 4.69. The fourth-order valence-electron chi connectivity index (χ4n) is 2.47. The second kappa shape index (κ2) is 4.93. The number of benzene rings is 1. The maximum absolute atomic E-state index is 13.4. The van der Waals surface area contributed by atoms with E-state index in [1.807, 2.05) is 6.07 Å². The Labute approximate surface area is 110 Å². The number of nitrogens with one attached hydrogen (secondary N) is 1. The van der Waals surface area contributed by atoms with E-state index < -0.39 is 0 Å². The Morgan fingerprint density at radius 2 is 2.26 bits per heavy atom. The molecule has 1 aromatic carbocycles. The number of hydrogen-bond donors (Lipinski definition) is 2. The largest absolute Gasteiger partial charge is 0.368 e. The summed E-state index contributed by atoms with van der Waals surface area (Å²) in [5.41, 5.74) is 8.16. The first kappa shape index (κ1) is 12.0. The highest BCUT2D eigenvalue weighted by Crippen LogP contribution is 2.31. The zero-order valence-corrected chi connectivity index (χ0v) is 10.4. The molecule has 0 bridgehead atoms. The molecule has 98 valence electrons. The third kappa shape index (κ3) is 2.42. The van der Waals surface area contributed by atoms with Crippen LogP contribution < -0.4 is 11.1 Å². The molecule has 1 aliphatic heterocycles. The van der Waals surface area contributed by atoms with Crippen LogP contribution in [0.4, 0.5) is 10.3 Å². The highest BCUT2D eigenvalue weighted by Gasteiger charge is 2.22. The van der Waals surface area contributed by atoms with Crippen molar-refractivity contribution in [3.8, 4) is 11.1 Å². The summed E-state index contributed by atoms with van der Waals surface area (Å²) in [5, 5.41) is 3.39. The van der Waals surface area contributed by atoms with Gasteiger partial charge in [-0.05, 0) is 37.1 Å². The maximum atomic E-state index is 13.4. The molecule has 1 aliphatic rings. The molecule has 1 fully saturated rings. The van der Waals surface area contributed by atoms with E-state index >= 15 is 0 Å². The lowest BCUT2D eigenvalue weighted by molar-refractivity contribution is 0.624. The lowest BCUT2D eigenvalue weighted by Gasteiger charge is -2.15. The van der Waals surface area contributed by atoms with E-state index in [-0.39, 0.29) is 17.8 Å². The van der Waals surface area contributed by atoms with Gasteiger partial charge in [-0.15, -0.1) is 0 Å². The van der Waals surface area contributed by atoms with E-state index in [1.165, 1.54) is 12.1 Å². The third-order valence-electron chi connectivity index (χ3n) is 3.36. The highest BCUT2D eigenvalue weighted by molar-refractivity contribution is 5.66. The Balaban J connectivity index is 2.09. The van der Waals surface area contributed by atoms with Crippen LogP contribution in [0.3, 0.4) is 0 Å². The topological polar surface area (TPSA) is 63.8 Å². The van der Waals surface area contributed by atoms with Gasteiger partial charge in [-0.25, -0.2) is 14.4 Å². The van der Waals surface area contributed by atoms with Crippen LogP contribution in [0.2, 0.25) is 0 Å². The summed E-state index contributed by atoms with van der Waals surface area (Å²) in [6.45, 7) is 0.969. The smallest absolute Gasteiger partial charge is 0.220 e. The van der Waals surface area contributed by atoms with Gasteiger partial charge in [-0.3, -0.25) is 0 Å². The minimum atomic E-state index is -0.264. The van der Waals surface area contributed by atoms with Gasteiger partial charge >= 0.3 is 0 Å². The third-order valence-corrected chi connectivity index (χ3v) is 3.36. The minimum Gasteiger partial charge on any atom is -0.368 e. The van der Waals surface area contributed by atoms with Gasteiger partial charge in [-0.2, -0.15) is 0 Å². The van der Waals surface area contributed by atoms with Crippen molar-refractivity contribution in [2.24, 2.45) is 0 Å². The van der Waals surface area contributed by atoms with Gasteiger partial charge in [0.05, 0.1) is 11.7 Å². The van der Waals surface area contributed by atoms with Crippen molar-refractivity contribution in [2.75, 3.05) is 12.3 Å². The molecule has 0 amide bonds. The highest BCUT2D eigenvalue weighted by atomic mass is 19.1. The molecule has 4 nitrogen and oxygen atoms in total. The van der Waals surface area contributed by atoms with Crippen LogP contribution in [0.15, 0.2) is 30.5 Å². The molecule has 5 heteroatoms. The lowest BCUT2D eigenvalue weighted by Crippen LogP contribution is -2.16. The van der Waals surface area contributed by atoms with Crippen molar-refractivity contribution in [1.29, 1.82) is 0 Å². The number of rotatable bonds is 2. The Hall–Kier alpha value is -2.01. The predicted molar refractivity (Wildman–Crippen MR) is 71.8 cm³/mol. The molecule has 1 atom stereocenters. The summed E-state index contributed by atoms with van der Waals surface area (Å²) < 4.78 is 13.4. The Morgan fingerprint density at radius 3 is 3.00 bits per heavy atom. The first-order valence-corrected chi connectivity index (χ1v) is 6.36. The average Bonchev–Trinajstić information content (AvgIpc) is 2.92. The molecular formula is C14H15FN4. The summed E-state index contributed by atoms with van der Waals surface area (Å²) >= 11 is 0. The zero-order chi connectivity index (χ0) is 13.2. The lowest BCUT2D eigenvalue weighted by atomic mass is 10.0. The monoisotopic (exact) mass is 258 g/mol. The van der Waals surface area contributed by atoms with Gasteiger partial charge < -0.3 is 11.1 Å². The number of anilines is 1. The number of halogens is 1. The van der Waals surface area contributed by atoms with Crippen molar-refractivity contribution in [1.82, 2.24) is 15.3 Å². The zero-order valence-electron chi connectivity index (χ0n) is 10.4. The number of nitrogen functional groups attached to an aromatic ring is 1. The number of nitrogens with two attached hydrogens (primary N) is 1. The van der Waals surface area contributed by atoms with Crippen LogP contribution in [-0.4, -0.2) is 16.5 Å². The summed E-state index contributed by atoms with van der Waals surface area (Å²) in [6.07, 6.45) is 3.79. The summed E-state index contributed by atoms with van der Waals surface area (Å²) in [4.78, 5) is 8.38. The molecule has 0 aliphatic carbocycles. The quantitative estimate of drug-likeness (QED) is 0.867. The van der Waals surface area contributed by atoms with Crippen LogP contribution in [0.5, 0.6) is 0 Å². The first-order valence-electron chi connectivity index (χ1n) is 6.36. The fourth-order valence-corrected chi connectivity index (χ4v) is 2.47. The van der Waals surface area contributed by atoms with Gasteiger partial charge in [0.25, 0.3) is 0 Å². The molecule has 1 aromatic heterocycles. The number of nitrogens with zero attached hydrogens (tertiary/aromatic N) is 2. The molecule has 19 heavy (non-hydrogen) atoms. The second-order valence-electron chi connectivity index (χ2n) is 4.69. The molecule has 3 N–H and O–H groups in total. The Kier molecular flexibility index (Phi) is 3.13. The van der Waals surface area contributed by atoms with E-state index in [0.717, 1.165) is 36.2 Å². The van der Waals surface area contributed by atoms with Crippen molar-refractivity contribution in [3.05, 3.63) is 42.0 Å². The van der Waals surface area contributed by atoms with Crippen LogP contribution in [0, 0.1) is 5.82 Å². The molecule has 0 spiro atoms. The molecule has 0 saturated carbocycles. The number of aromatic nitrogens is 2. The summed E-state index contributed by atoms with van der Waals surface area (Å²) in [6, 6.07) is 6.63. The molecule has 0 radical (unpaired) electrons. The Bertz CT molecular complexity index is 594. The molecule has 2 heterocycles. The summed E-state index contributed by atoms with van der Waals surface area (Å²) in [5.74, 6) is -0.0106. The maximum Gasteiger partial charge on any atom is 0.220 e. The fraction of sp³-hybridized carbons (Fsp3) is 0.286. The standard InChI is InChI=1S/C14H15FN4/c15-10-4-1-3-9(7-10)11-8-18-14(16)19-13(11)12-5-2-6-17-12/h1,3-4,7-8,12,17H,2,5-6H2,(H2,16,18,19)/t12-/m1/s1. The Morgan fingerprint density at radius 1 is 1.37 bits per heavy atom. The predicted octanol–water partition coefficient (Wildman–Crippen LogP) is 2.29. The SMILES string of the molecule is Nc1ncc(-c2cccc(F)c2)c([C@H]2CCCN2)n1. The first-order chi connectivity index (χ1) is 9.24. The van der Waals surface area contributed by atoms with E-state index in [2.05, 4.69) is 15.3 Å². The van der Waals surface area contributed by atoms with Crippen molar-refractivity contribution < 1.29 is 4.39 Å². The molecule has 0 unspecified atom stereocenters. The van der Waals surface area contributed by atoms with Crippen LogP contribution >= 0.6 is 0 Å². The molecule has 3 rings (SSSR count). The van der Waals surface area contributed by atoms with Crippen LogP contribution in [0.25, 0.3) is 11.1 Å². The van der Waals surface area contributed by atoms with Gasteiger partial charge in [0, 0.05) is 11.8 Å². The molecule has 1 saturated heterocycles. The van der Waals surface area contributed by atoms with E-state index in [0.29, 0.717) is 0 Å².